The van der Waals surface area contributed by atoms with Gasteiger partial charge in [-0.2, -0.15) is 0 Å². The van der Waals surface area contributed by atoms with Crippen molar-refractivity contribution in [1.82, 2.24) is 5.32 Å². The van der Waals surface area contributed by atoms with Crippen molar-refractivity contribution in [2.75, 3.05) is 0 Å². The van der Waals surface area contributed by atoms with Crippen LogP contribution in [0.25, 0.3) is 0 Å². The highest BCUT2D eigenvalue weighted by molar-refractivity contribution is 9.10. The average Bonchev–Trinajstić information content (AvgIpc) is 2.18. The summed E-state index contributed by atoms with van der Waals surface area (Å²) in [6, 6.07) is 7.78. The molecule has 0 aromatic heterocycles. The maximum absolute atomic E-state index is 11.1. The normalized spacial score (nSPS) is 11.9. The van der Waals surface area contributed by atoms with E-state index in [1.807, 2.05) is 31.2 Å². The van der Waals surface area contributed by atoms with Gasteiger partial charge in [0.2, 0.25) is 5.91 Å². The zero-order chi connectivity index (χ0) is 10.6. The molecule has 14 heavy (non-hydrogen) atoms. The van der Waals surface area contributed by atoms with Gasteiger partial charge >= 0.3 is 0 Å². The lowest BCUT2D eigenvalue weighted by Gasteiger charge is -2.14. The zero-order valence-electron chi connectivity index (χ0n) is 7.96. The molecule has 1 rings (SSSR count). The Morgan fingerprint density at radius 1 is 1.57 bits per heavy atom. The molecular weight excluding hydrogens is 242 g/mol. The molecule has 0 aliphatic heterocycles. The summed E-state index contributed by atoms with van der Waals surface area (Å²) in [6.07, 6.45) is 1.27. The van der Waals surface area contributed by atoms with Crippen LogP contribution in [0.3, 0.4) is 0 Å². The Labute approximate surface area is 92.1 Å². The standard InChI is InChI=1S/C11H12BrNO/c1-3-11(14)13-8(2)9-6-4-5-7-10(9)12/h3-8H,1H2,2H3,(H,13,14). The number of carbonyl (C=O) groups excluding carboxylic acids is 1. The lowest BCUT2D eigenvalue weighted by Crippen LogP contribution is -2.24. The van der Waals surface area contributed by atoms with E-state index in [-0.39, 0.29) is 11.9 Å². The number of halogens is 1. The van der Waals surface area contributed by atoms with Crippen molar-refractivity contribution in [2.45, 2.75) is 13.0 Å². The number of carbonyl (C=O) groups is 1. The fourth-order valence-electron chi connectivity index (χ4n) is 1.18. The first kappa shape index (κ1) is 11.0. The van der Waals surface area contributed by atoms with E-state index in [0.29, 0.717) is 0 Å². The van der Waals surface area contributed by atoms with Crippen LogP contribution >= 0.6 is 15.9 Å². The van der Waals surface area contributed by atoms with E-state index in [1.54, 1.807) is 0 Å². The van der Waals surface area contributed by atoms with Crippen LogP contribution in [-0.2, 0) is 4.79 Å². The Morgan fingerprint density at radius 3 is 2.79 bits per heavy atom. The third kappa shape index (κ3) is 2.70. The van der Waals surface area contributed by atoms with Crippen molar-refractivity contribution in [3.05, 3.63) is 47.0 Å². The van der Waals surface area contributed by atoms with Gasteiger partial charge in [0.15, 0.2) is 0 Å². The molecule has 1 N–H and O–H groups in total. The van der Waals surface area contributed by atoms with Crippen molar-refractivity contribution in [1.29, 1.82) is 0 Å². The maximum Gasteiger partial charge on any atom is 0.243 e. The highest BCUT2D eigenvalue weighted by Gasteiger charge is 2.09. The van der Waals surface area contributed by atoms with Crippen LogP contribution in [0.15, 0.2) is 41.4 Å². The predicted octanol–water partition coefficient (Wildman–Crippen LogP) is 2.81. The summed E-state index contributed by atoms with van der Waals surface area (Å²) in [5, 5.41) is 2.80. The van der Waals surface area contributed by atoms with Gasteiger partial charge in [-0.25, -0.2) is 0 Å². The lowest BCUT2D eigenvalue weighted by molar-refractivity contribution is -0.117. The molecule has 1 aromatic carbocycles. The lowest BCUT2D eigenvalue weighted by atomic mass is 10.1. The molecule has 2 nitrogen and oxygen atoms in total. The van der Waals surface area contributed by atoms with E-state index in [1.165, 1.54) is 6.08 Å². The Morgan fingerprint density at radius 2 is 2.21 bits per heavy atom. The summed E-state index contributed by atoms with van der Waals surface area (Å²) >= 11 is 3.43. The second-order valence-electron chi connectivity index (χ2n) is 2.96. The third-order valence-electron chi connectivity index (χ3n) is 1.92. The Hall–Kier alpha value is -1.09. The van der Waals surface area contributed by atoms with Crippen LogP contribution in [0.2, 0.25) is 0 Å². The number of benzene rings is 1. The van der Waals surface area contributed by atoms with Gasteiger partial charge in [0, 0.05) is 4.47 Å². The molecule has 0 saturated heterocycles. The molecule has 0 saturated carbocycles. The van der Waals surface area contributed by atoms with Crippen molar-refractivity contribution in [2.24, 2.45) is 0 Å². The van der Waals surface area contributed by atoms with E-state index in [2.05, 4.69) is 27.8 Å². The smallest absolute Gasteiger partial charge is 0.243 e. The SMILES string of the molecule is C=CC(=O)NC(C)c1ccccc1Br. The van der Waals surface area contributed by atoms with Gasteiger partial charge in [-0.05, 0) is 24.6 Å². The minimum atomic E-state index is -0.159. The molecule has 0 fully saturated rings. The highest BCUT2D eigenvalue weighted by atomic mass is 79.9. The quantitative estimate of drug-likeness (QED) is 0.825. The van der Waals surface area contributed by atoms with Crippen molar-refractivity contribution in [3.63, 3.8) is 0 Å². The van der Waals surface area contributed by atoms with Crippen LogP contribution in [0, 0.1) is 0 Å². The molecule has 1 aromatic rings. The minimum absolute atomic E-state index is 0.0175. The third-order valence-corrected chi connectivity index (χ3v) is 2.64. The summed E-state index contributed by atoms with van der Waals surface area (Å²) in [4.78, 5) is 11.1. The van der Waals surface area contributed by atoms with Gasteiger partial charge in [0.25, 0.3) is 0 Å². The molecule has 0 spiro atoms. The Kier molecular flexibility index (Phi) is 3.89. The van der Waals surface area contributed by atoms with E-state index >= 15 is 0 Å². The minimum Gasteiger partial charge on any atom is -0.346 e. The number of amides is 1. The second-order valence-corrected chi connectivity index (χ2v) is 3.81. The number of hydrogen-bond donors (Lipinski definition) is 1. The molecule has 0 radical (unpaired) electrons. The van der Waals surface area contributed by atoms with Crippen LogP contribution in [0.4, 0.5) is 0 Å². The first-order chi connectivity index (χ1) is 6.65. The Balaban J connectivity index is 2.79. The van der Waals surface area contributed by atoms with Crippen LogP contribution in [-0.4, -0.2) is 5.91 Å². The molecule has 0 aliphatic carbocycles. The number of nitrogens with one attached hydrogen (secondary N) is 1. The van der Waals surface area contributed by atoms with Crippen molar-refractivity contribution < 1.29 is 4.79 Å². The number of hydrogen-bond acceptors (Lipinski definition) is 1. The monoisotopic (exact) mass is 253 g/mol. The predicted molar refractivity (Wildman–Crippen MR) is 60.9 cm³/mol. The van der Waals surface area contributed by atoms with Gasteiger partial charge < -0.3 is 5.32 Å². The van der Waals surface area contributed by atoms with Gasteiger partial charge in [0.05, 0.1) is 6.04 Å². The molecule has 74 valence electrons. The highest BCUT2D eigenvalue weighted by Crippen LogP contribution is 2.22. The summed E-state index contributed by atoms with van der Waals surface area (Å²) in [6.45, 7) is 5.34. The second kappa shape index (κ2) is 4.96. The van der Waals surface area contributed by atoms with Gasteiger partial charge in [0.1, 0.15) is 0 Å². The molecule has 0 bridgehead atoms. The zero-order valence-corrected chi connectivity index (χ0v) is 9.54. The van der Waals surface area contributed by atoms with E-state index in [9.17, 15) is 4.79 Å². The summed E-state index contributed by atoms with van der Waals surface area (Å²) in [5.74, 6) is -0.159. The molecule has 1 amide bonds. The summed E-state index contributed by atoms with van der Waals surface area (Å²) < 4.78 is 0.997. The van der Waals surface area contributed by atoms with E-state index in [4.69, 9.17) is 0 Å². The molecule has 1 unspecified atom stereocenters. The van der Waals surface area contributed by atoms with Crippen molar-refractivity contribution in [3.8, 4) is 0 Å². The molecular formula is C11H12BrNO. The first-order valence-corrected chi connectivity index (χ1v) is 5.12. The van der Waals surface area contributed by atoms with Gasteiger partial charge in [-0.15, -0.1) is 0 Å². The van der Waals surface area contributed by atoms with Gasteiger partial charge in [-0.3, -0.25) is 4.79 Å². The molecule has 0 aliphatic rings. The molecule has 1 atom stereocenters. The van der Waals surface area contributed by atoms with E-state index in [0.717, 1.165) is 10.0 Å². The largest absolute Gasteiger partial charge is 0.346 e. The fourth-order valence-corrected chi connectivity index (χ4v) is 1.80. The van der Waals surface area contributed by atoms with E-state index < -0.39 is 0 Å². The average molecular weight is 254 g/mol. The first-order valence-electron chi connectivity index (χ1n) is 4.32. The van der Waals surface area contributed by atoms with Crippen LogP contribution in [0.1, 0.15) is 18.5 Å². The fraction of sp³-hybridized carbons (Fsp3) is 0.182. The summed E-state index contributed by atoms with van der Waals surface area (Å²) in [7, 11) is 0. The maximum atomic E-state index is 11.1. The topological polar surface area (TPSA) is 29.1 Å². The summed E-state index contributed by atoms with van der Waals surface area (Å²) in [5.41, 5.74) is 1.06. The Bertz CT molecular complexity index is 349. The molecule has 3 heteroatoms. The van der Waals surface area contributed by atoms with Crippen LogP contribution < -0.4 is 5.32 Å². The van der Waals surface area contributed by atoms with Crippen molar-refractivity contribution >= 4 is 21.8 Å². The van der Waals surface area contributed by atoms with Crippen LogP contribution in [0.5, 0.6) is 0 Å². The molecule has 0 heterocycles. The van der Waals surface area contributed by atoms with Gasteiger partial charge in [-0.1, -0.05) is 40.7 Å². The number of rotatable bonds is 3.